The zero-order valence-electron chi connectivity index (χ0n) is 19.2. The van der Waals surface area contributed by atoms with Gasteiger partial charge in [-0.25, -0.2) is 9.38 Å². The zero-order chi connectivity index (χ0) is 23.0. The number of nitrogens with zero attached hydrogens (tertiary/aromatic N) is 2. The fourth-order valence-corrected chi connectivity index (χ4v) is 3.61. The van der Waals surface area contributed by atoms with Crippen molar-refractivity contribution in [3.8, 4) is 0 Å². The van der Waals surface area contributed by atoms with Crippen LogP contribution in [0.1, 0.15) is 41.3 Å². The molecule has 0 saturated heterocycles. The van der Waals surface area contributed by atoms with Crippen LogP contribution in [0.15, 0.2) is 53.5 Å². The van der Waals surface area contributed by atoms with Crippen LogP contribution < -0.4 is 16.0 Å². The van der Waals surface area contributed by atoms with E-state index < -0.39 is 0 Å². The number of rotatable bonds is 10. The fraction of sp³-hybridized carbons (Fsp3) is 0.440. The molecular formula is C25H34FN5O. The molecule has 0 aromatic heterocycles. The highest BCUT2D eigenvalue weighted by Crippen LogP contribution is 2.47. The van der Waals surface area contributed by atoms with E-state index in [2.05, 4.69) is 16.0 Å². The van der Waals surface area contributed by atoms with Gasteiger partial charge in [0.05, 0.1) is 6.54 Å². The fourth-order valence-electron chi connectivity index (χ4n) is 3.61. The Morgan fingerprint density at radius 1 is 1.09 bits per heavy atom. The third-order valence-corrected chi connectivity index (χ3v) is 5.68. The van der Waals surface area contributed by atoms with E-state index in [9.17, 15) is 9.18 Å². The molecule has 1 saturated carbocycles. The number of carbonyl (C=O) groups is 1. The van der Waals surface area contributed by atoms with Gasteiger partial charge >= 0.3 is 0 Å². The van der Waals surface area contributed by atoms with Crippen molar-refractivity contribution in [3.63, 3.8) is 0 Å². The van der Waals surface area contributed by atoms with Crippen molar-refractivity contribution in [1.29, 1.82) is 0 Å². The molecule has 0 heterocycles. The highest BCUT2D eigenvalue weighted by Gasteiger charge is 2.44. The van der Waals surface area contributed by atoms with Crippen LogP contribution in [0.25, 0.3) is 0 Å². The van der Waals surface area contributed by atoms with Crippen molar-refractivity contribution in [2.45, 2.75) is 31.7 Å². The standard InChI is InChI=1S/C25H34FN5O/c1-4-27-24(30-18-25(11-12-25)21-9-6-10-22(26)16-21)29-17-19-7-5-8-20(15-19)23(32)28-13-14-31(2)3/h5-10,15-16H,4,11-14,17-18H2,1-3H3,(H,28,32)(H2,27,29,30). The van der Waals surface area contributed by atoms with Crippen LogP contribution in [0.4, 0.5) is 4.39 Å². The first-order valence-corrected chi connectivity index (χ1v) is 11.2. The molecule has 1 amide bonds. The first-order valence-electron chi connectivity index (χ1n) is 11.2. The summed E-state index contributed by atoms with van der Waals surface area (Å²) < 4.78 is 13.7. The lowest BCUT2D eigenvalue weighted by Crippen LogP contribution is -2.41. The molecule has 2 aromatic rings. The van der Waals surface area contributed by atoms with Gasteiger partial charge in [0.1, 0.15) is 5.82 Å². The number of guanidine groups is 1. The van der Waals surface area contributed by atoms with Crippen molar-refractivity contribution in [3.05, 3.63) is 71.0 Å². The van der Waals surface area contributed by atoms with E-state index in [1.165, 1.54) is 6.07 Å². The largest absolute Gasteiger partial charge is 0.357 e. The quantitative estimate of drug-likeness (QED) is 0.393. The SMILES string of the molecule is CCNC(=NCc1cccc(C(=O)NCCN(C)C)c1)NCC1(c2cccc(F)c2)CC1. The van der Waals surface area contributed by atoms with Crippen LogP contribution in [0.5, 0.6) is 0 Å². The minimum Gasteiger partial charge on any atom is -0.357 e. The normalized spacial score (nSPS) is 14.8. The molecule has 32 heavy (non-hydrogen) atoms. The molecule has 1 aliphatic carbocycles. The number of carbonyl (C=O) groups excluding carboxylic acids is 1. The minimum absolute atomic E-state index is 0.0249. The zero-order valence-corrected chi connectivity index (χ0v) is 19.2. The van der Waals surface area contributed by atoms with Gasteiger partial charge in [-0.2, -0.15) is 0 Å². The highest BCUT2D eigenvalue weighted by molar-refractivity contribution is 5.94. The molecule has 6 nitrogen and oxygen atoms in total. The number of benzene rings is 2. The van der Waals surface area contributed by atoms with E-state index in [0.29, 0.717) is 25.2 Å². The summed E-state index contributed by atoms with van der Waals surface area (Å²) in [6.07, 6.45) is 2.07. The lowest BCUT2D eigenvalue weighted by molar-refractivity contribution is 0.0951. The molecule has 2 aromatic carbocycles. The number of nitrogens with one attached hydrogen (secondary N) is 3. The van der Waals surface area contributed by atoms with Gasteiger partial charge in [0.25, 0.3) is 5.91 Å². The molecule has 0 atom stereocenters. The van der Waals surface area contributed by atoms with Crippen LogP contribution in [0, 0.1) is 5.82 Å². The van der Waals surface area contributed by atoms with Gasteiger partial charge in [-0.05, 0) is 69.3 Å². The molecule has 0 aliphatic heterocycles. The first kappa shape index (κ1) is 23.7. The molecule has 1 aliphatic rings. The minimum atomic E-state index is -0.194. The monoisotopic (exact) mass is 439 g/mol. The van der Waals surface area contributed by atoms with E-state index >= 15 is 0 Å². The molecule has 3 rings (SSSR count). The van der Waals surface area contributed by atoms with Gasteiger partial charge < -0.3 is 20.9 Å². The third-order valence-electron chi connectivity index (χ3n) is 5.68. The van der Waals surface area contributed by atoms with E-state index in [4.69, 9.17) is 4.99 Å². The van der Waals surface area contributed by atoms with Gasteiger partial charge in [0.15, 0.2) is 5.96 Å². The molecule has 7 heteroatoms. The Morgan fingerprint density at radius 2 is 1.88 bits per heavy atom. The van der Waals surface area contributed by atoms with E-state index in [1.807, 2.05) is 56.3 Å². The Morgan fingerprint density at radius 3 is 2.56 bits per heavy atom. The Balaban J connectivity index is 1.60. The number of likely N-dealkylation sites (N-methyl/N-ethyl adjacent to an activating group) is 1. The molecule has 172 valence electrons. The topological polar surface area (TPSA) is 68.8 Å². The molecule has 0 unspecified atom stereocenters. The van der Waals surface area contributed by atoms with Crippen LogP contribution >= 0.6 is 0 Å². The van der Waals surface area contributed by atoms with Crippen LogP contribution in [-0.4, -0.2) is 57.0 Å². The van der Waals surface area contributed by atoms with Crippen LogP contribution in [0.3, 0.4) is 0 Å². The summed E-state index contributed by atoms with van der Waals surface area (Å²) in [5.41, 5.74) is 2.61. The maximum absolute atomic E-state index is 13.7. The predicted molar refractivity (Wildman–Crippen MR) is 127 cm³/mol. The van der Waals surface area contributed by atoms with Crippen LogP contribution in [0.2, 0.25) is 0 Å². The second-order valence-corrected chi connectivity index (χ2v) is 8.60. The maximum atomic E-state index is 13.7. The van der Waals surface area contributed by atoms with Crippen molar-refractivity contribution in [2.75, 3.05) is 40.3 Å². The predicted octanol–water partition coefficient (Wildman–Crippen LogP) is 2.90. The molecular weight excluding hydrogens is 405 g/mol. The van der Waals surface area contributed by atoms with Gasteiger partial charge in [0, 0.05) is 37.2 Å². The van der Waals surface area contributed by atoms with Crippen LogP contribution in [-0.2, 0) is 12.0 Å². The van der Waals surface area contributed by atoms with Crippen molar-refractivity contribution in [1.82, 2.24) is 20.9 Å². The summed E-state index contributed by atoms with van der Waals surface area (Å²) in [7, 11) is 3.95. The number of aliphatic imine (C=N–C) groups is 1. The summed E-state index contributed by atoms with van der Waals surface area (Å²) in [6.45, 7) is 5.33. The van der Waals surface area contributed by atoms with Gasteiger partial charge in [0.2, 0.25) is 0 Å². The second-order valence-electron chi connectivity index (χ2n) is 8.60. The van der Waals surface area contributed by atoms with Crippen molar-refractivity contribution in [2.24, 2.45) is 4.99 Å². The van der Waals surface area contributed by atoms with Gasteiger partial charge in [-0.1, -0.05) is 24.3 Å². The third kappa shape index (κ3) is 6.79. The number of hydrogen-bond acceptors (Lipinski definition) is 3. The Bertz CT molecular complexity index is 939. The van der Waals surface area contributed by atoms with E-state index in [0.717, 1.165) is 43.0 Å². The Labute approximate surface area is 190 Å². The molecule has 1 fully saturated rings. The average molecular weight is 440 g/mol. The summed E-state index contributed by atoms with van der Waals surface area (Å²) >= 11 is 0. The number of amides is 1. The van der Waals surface area contributed by atoms with Crippen molar-refractivity contribution >= 4 is 11.9 Å². The van der Waals surface area contributed by atoms with E-state index in [-0.39, 0.29) is 17.1 Å². The summed E-state index contributed by atoms with van der Waals surface area (Å²) in [5, 5.41) is 9.63. The lowest BCUT2D eigenvalue weighted by Gasteiger charge is -2.19. The Kier molecular flexibility index (Phi) is 8.22. The summed E-state index contributed by atoms with van der Waals surface area (Å²) in [4.78, 5) is 19.1. The smallest absolute Gasteiger partial charge is 0.251 e. The Hall–Kier alpha value is -2.93. The first-order chi connectivity index (χ1) is 15.4. The molecule has 3 N–H and O–H groups in total. The molecule has 0 bridgehead atoms. The van der Waals surface area contributed by atoms with Gasteiger partial charge in [-0.3, -0.25) is 4.79 Å². The average Bonchev–Trinajstić information content (AvgIpc) is 3.57. The molecule has 0 radical (unpaired) electrons. The number of hydrogen-bond donors (Lipinski definition) is 3. The lowest BCUT2D eigenvalue weighted by atomic mass is 9.96. The van der Waals surface area contributed by atoms with Crippen molar-refractivity contribution < 1.29 is 9.18 Å². The summed E-state index contributed by atoms with van der Waals surface area (Å²) in [5.74, 6) is 0.449. The maximum Gasteiger partial charge on any atom is 0.251 e. The second kappa shape index (κ2) is 11.1. The summed E-state index contributed by atoms with van der Waals surface area (Å²) in [6, 6.07) is 14.4. The highest BCUT2D eigenvalue weighted by atomic mass is 19.1. The number of halogens is 1. The van der Waals surface area contributed by atoms with E-state index in [1.54, 1.807) is 12.1 Å². The van der Waals surface area contributed by atoms with Gasteiger partial charge in [-0.15, -0.1) is 0 Å². The molecule has 0 spiro atoms.